The molecular formula is C18H24N6. The molecular weight excluding hydrogens is 300 g/mol. The highest BCUT2D eigenvalue weighted by molar-refractivity contribution is 5.83. The minimum Gasteiger partial charge on any atom is -0.361 e. The summed E-state index contributed by atoms with van der Waals surface area (Å²) >= 11 is 0. The third-order valence-corrected chi connectivity index (χ3v) is 4.17. The molecule has 0 unspecified atom stereocenters. The third kappa shape index (κ3) is 3.76. The lowest BCUT2D eigenvalue weighted by Crippen LogP contribution is -2.37. The summed E-state index contributed by atoms with van der Waals surface area (Å²) in [5.41, 5.74) is 3.69. The van der Waals surface area contributed by atoms with Crippen molar-refractivity contribution < 1.29 is 0 Å². The predicted octanol–water partition coefficient (Wildman–Crippen LogP) is 2.20. The monoisotopic (exact) mass is 324 g/mol. The topological polar surface area (TPSA) is 70.0 Å². The van der Waals surface area contributed by atoms with Crippen LogP contribution in [0.1, 0.15) is 17.7 Å². The zero-order valence-electron chi connectivity index (χ0n) is 14.2. The van der Waals surface area contributed by atoms with Gasteiger partial charge in [0, 0.05) is 43.9 Å². The Morgan fingerprint density at radius 3 is 2.92 bits per heavy atom. The fraction of sp³-hybridized carbons (Fsp3) is 0.333. The summed E-state index contributed by atoms with van der Waals surface area (Å²) in [6, 6.07) is 10.4. The average molecular weight is 324 g/mol. The summed E-state index contributed by atoms with van der Waals surface area (Å²) in [6.45, 7) is 1.59. The fourth-order valence-electron chi connectivity index (χ4n) is 2.79. The maximum absolute atomic E-state index is 4.26. The first-order valence-electron chi connectivity index (χ1n) is 8.24. The van der Waals surface area contributed by atoms with E-state index in [4.69, 9.17) is 0 Å². The molecule has 2 heterocycles. The lowest BCUT2D eigenvalue weighted by Gasteiger charge is -2.11. The summed E-state index contributed by atoms with van der Waals surface area (Å²) in [5, 5.41) is 12.1. The van der Waals surface area contributed by atoms with Gasteiger partial charge in [-0.05, 0) is 30.5 Å². The number of hydrogen-bond acceptors (Lipinski definition) is 2. The Labute approximate surface area is 142 Å². The Bertz CT molecular complexity index is 814. The lowest BCUT2D eigenvalue weighted by atomic mass is 10.1. The van der Waals surface area contributed by atoms with Crippen molar-refractivity contribution in [1.29, 1.82) is 0 Å². The first-order chi connectivity index (χ1) is 11.8. The number of hydrogen-bond donors (Lipinski definition) is 3. The van der Waals surface area contributed by atoms with Crippen LogP contribution in [0.4, 0.5) is 0 Å². The molecule has 0 saturated heterocycles. The number of fused-ring (bicyclic) bond motifs is 1. The number of H-pyrrole nitrogens is 1. The van der Waals surface area contributed by atoms with Crippen molar-refractivity contribution >= 4 is 16.9 Å². The van der Waals surface area contributed by atoms with E-state index in [-0.39, 0.29) is 0 Å². The minimum absolute atomic E-state index is 0.707. The molecule has 126 valence electrons. The molecule has 3 rings (SSSR count). The van der Waals surface area contributed by atoms with E-state index in [2.05, 4.69) is 56.2 Å². The Morgan fingerprint density at radius 2 is 2.12 bits per heavy atom. The van der Waals surface area contributed by atoms with Crippen molar-refractivity contribution in [2.24, 2.45) is 12.0 Å². The number of guanidine groups is 1. The van der Waals surface area contributed by atoms with Crippen molar-refractivity contribution in [3.8, 4) is 0 Å². The molecule has 0 aliphatic rings. The number of aryl methyl sites for hydroxylation is 2. The Kier molecular flexibility index (Phi) is 5.15. The van der Waals surface area contributed by atoms with Crippen LogP contribution in [0.3, 0.4) is 0 Å². The molecule has 3 aromatic rings. The molecule has 0 amide bonds. The molecule has 0 radical (unpaired) electrons. The van der Waals surface area contributed by atoms with Crippen LogP contribution in [-0.2, 0) is 20.0 Å². The van der Waals surface area contributed by atoms with E-state index in [1.165, 1.54) is 16.5 Å². The number of para-hydroxylation sites is 1. The molecule has 0 aliphatic heterocycles. The summed E-state index contributed by atoms with van der Waals surface area (Å²) < 4.78 is 1.86. The lowest BCUT2D eigenvalue weighted by molar-refractivity contribution is 0.680. The summed E-state index contributed by atoms with van der Waals surface area (Å²) in [7, 11) is 3.73. The molecule has 2 aromatic heterocycles. The standard InChI is InChI=1S/C18H24N6/c1-19-18(22-13-15-9-11-23-24(15)2)20-10-5-6-14-12-21-17-8-4-3-7-16(14)17/h3-4,7-9,11-12,21H,5-6,10,13H2,1-2H3,(H2,19,20,22). The second-order valence-electron chi connectivity index (χ2n) is 5.76. The SMILES string of the molecule is CN=C(NCCCc1c[nH]c2ccccc12)NCc1ccnn1C. The largest absolute Gasteiger partial charge is 0.361 e. The Hall–Kier alpha value is -2.76. The van der Waals surface area contributed by atoms with E-state index in [0.717, 1.165) is 31.0 Å². The Morgan fingerprint density at radius 1 is 1.25 bits per heavy atom. The van der Waals surface area contributed by atoms with Crippen LogP contribution in [0, 0.1) is 0 Å². The molecule has 0 spiro atoms. The highest BCUT2D eigenvalue weighted by atomic mass is 15.3. The van der Waals surface area contributed by atoms with Crippen molar-refractivity contribution in [2.45, 2.75) is 19.4 Å². The van der Waals surface area contributed by atoms with Gasteiger partial charge < -0.3 is 15.6 Å². The molecule has 0 fully saturated rings. The number of aromatic nitrogens is 3. The van der Waals surface area contributed by atoms with Crippen LogP contribution >= 0.6 is 0 Å². The summed E-state index contributed by atoms with van der Waals surface area (Å²) in [6.07, 6.45) is 6.00. The van der Waals surface area contributed by atoms with Crippen molar-refractivity contribution in [3.05, 3.63) is 54.0 Å². The molecule has 1 aromatic carbocycles. The van der Waals surface area contributed by atoms with E-state index in [9.17, 15) is 0 Å². The van der Waals surface area contributed by atoms with Gasteiger partial charge in [-0.15, -0.1) is 0 Å². The number of aliphatic imine (C=N–C) groups is 1. The predicted molar refractivity (Wildman–Crippen MR) is 98.0 cm³/mol. The summed E-state index contributed by atoms with van der Waals surface area (Å²) in [5.74, 6) is 0.815. The van der Waals surface area contributed by atoms with E-state index in [1.54, 1.807) is 13.2 Å². The number of rotatable bonds is 6. The van der Waals surface area contributed by atoms with Crippen molar-refractivity contribution in [1.82, 2.24) is 25.4 Å². The first-order valence-corrected chi connectivity index (χ1v) is 8.24. The maximum atomic E-state index is 4.26. The zero-order chi connectivity index (χ0) is 16.8. The quantitative estimate of drug-likeness (QED) is 0.370. The van der Waals surface area contributed by atoms with Gasteiger partial charge in [0.05, 0.1) is 12.2 Å². The number of benzene rings is 1. The highest BCUT2D eigenvalue weighted by Gasteiger charge is 2.04. The molecule has 6 heteroatoms. The molecule has 24 heavy (non-hydrogen) atoms. The fourth-order valence-corrected chi connectivity index (χ4v) is 2.79. The van der Waals surface area contributed by atoms with Crippen LogP contribution in [0.5, 0.6) is 0 Å². The van der Waals surface area contributed by atoms with Gasteiger partial charge in [-0.2, -0.15) is 5.10 Å². The average Bonchev–Trinajstić information content (AvgIpc) is 3.21. The molecule has 0 atom stereocenters. The van der Waals surface area contributed by atoms with Crippen molar-refractivity contribution in [3.63, 3.8) is 0 Å². The van der Waals surface area contributed by atoms with Crippen LogP contribution in [-0.4, -0.2) is 34.3 Å². The molecule has 0 aliphatic carbocycles. The maximum Gasteiger partial charge on any atom is 0.191 e. The van der Waals surface area contributed by atoms with E-state index in [1.807, 2.05) is 17.8 Å². The van der Waals surface area contributed by atoms with Crippen LogP contribution in [0.15, 0.2) is 47.7 Å². The molecule has 0 bridgehead atoms. The molecule has 0 saturated carbocycles. The number of nitrogens with zero attached hydrogens (tertiary/aromatic N) is 3. The van der Waals surface area contributed by atoms with Gasteiger partial charge in [-0.1, -0.05) is 18.2 Å². The van der Waals surface area contributed by atoms with Crippen molar-refractivity contribution in [2.75, 3.05) is 13.6 Å². The van der Waals surface area contributed by atoms with Crippen LogP contribution in [0.25, 0.3) is 10.9 Å². The van der Waals surface area contributed by atoms with Gasteiger partial charge >= 0.3 is 0 Å². The van der Waals surface area contributed by atoms with E-state index >= 15 is 0 Å². The second kappa shape index (κ2) is 7.68. The van der Waals surface area contributed by atoms with E-state index in [0.29, 0.717) is 6.54 Å². The van der Waals surface area contributed by atoms with E-state index < -0.39 is 0 Å². The van der Waals surface area contributed by atoms with Gasteiger partial charge in [-0.3, -0.25) is 9.67 Å². The van der Waals surface area contributed by atoms with Gasteiger partial charge in [0.1, 0.15) is 0 Å². The first kappa shape index (κ1) is 16.1. The Balaban J connectivity index is 1.44. The van der Waals surface area contributed by atoms with Gasteiger partial charge in [-0.25, -0.2) is 0 Å². The van der Waals surface area contributed by atoms with Gasteiger partial charge in [0.15, 0.2) is 5.96 Å². The number of nitrogens with one attached hydrogen (secondary N) is 3. The smallest absolute Gasteiger partial charge is 0.191 e. The second-order valence-corrected chi connectivity index (χ2v) is 5.76. The third-order valence-electron chi connectivity index (χ3n) is 4.17. The number of aromatic amines is 1. The zero-order valence-corrected chi connectivity index (χ0v) is 14.2. The summed E-state index contributed by atoms with van der Waals surface area (Å²) in [4.78, 5) is 7.59. The van der Waals surface area contributed by atoms with Gasteiger partial charge in [0.2, 0.25) is 0 Å². The van der Waals surface area contributed by atoms with Gasteiger partial charge in [0.25, 0.3) is 0 Å². The molecule has 3 N–H and O–H groups in total. The minimum atomic E-state index is 0.707. The normalized spacial score (nSPS) is 11.8. The molecule has 6 nitrogen and oxygen atoms in total. The van der Waals surface area contributed by atoms with Crippen LogP contribution in [0.2, 0.25) is 0 Å². The van der Waals surface area contributed by atoms with Crippen LogP contribution < -0.4 is 10.6 Å². The highest BCUT2D eigenvalue weighted by Crippen LogP contribution is 2.18.